The van der Waals surface area contributed by atoms with E-state index in [2.05, 4.69) is 25.7 Å². The zero-order chi connectivity index (χ0) is 15.6. The van der Waals surface area contributed by atoms with Gasteiger partial charge in [-0.05, 0) is 37.7 Å². The Labute approximate surface area is 126 Å². The Kier molecular flexibility index (Phi) is 4.86. The van der Waals surface area contributed by atoms with E-state index in [1.54, 1.807) is 4.57 Å². The van der Waals surface area contributed by atoms with Crippen molar-refractivity contribution in [1.29, 1.82) is 0 Å². The molecule has 1 aliphatic rings. The quantitative estimate of drug-likeness (QED) is 0.801. The summed E-state index contributed by atoms with van der Waals surface area (Å²) in [5.74, 6) is 0.985. The average molecular weight is 290 g/mol. The molecule has 1 aromatic rings. The lowest BCUT2D eigenvalue weighted by molar-refractivity contribution is 0.112. The van der Waals surface area contributed by atoms with E-state index in [-0.39, 0.29) is 5.56 Å². The van der Waals surface area contributed by atoms with Gasteiger partial charge in [-0.1, -0.05) is 20.8 Å². The molecule has 1 aromatic heterocycles. The second-order valence-corrected chi connectivity index (χ2v) is 6.71. The lowest BCUT2D eigenvalue weighted by atomic mass is 9.99. The van der Waals surface area contributed by atoms with Gasteiger partial charge in [-0.3, -0.25) is 9.59 Å². The monoisotopic (exact) mass is 290 g/mol. The van der Waals surface area contributed by atoms with Gasteiger partial charge in [0.1, 0.15) is 5.56 Å². The Morgan fingerprint density at radius 1 is 1.43 bits per heavy atom. The fraction of sp³-hybridized carbons (Fsp3) is 0.647. The van der Waals surface area contributed by atoms with Crippen LogP contribution in [0.5, 0.6) is 0 Å². The number of aromatic nitrogens is 1. The van der Waals surface area contributed by atoms with Crippen LogP contribution in [-0.2, 0) is 6.54 Å². The molecule has 1 fully saturated rings. The normalized spacial score (nSPS) is 19.1. The highest BCUT2D eigenvalue weighted by atomic mass is 16.1. The van der Waals surface area contributed by atoms with E-state index in [0.717, 1.165) is 37.2 Å². The van der Waals surface area contributed by atoms with E-state index in [1.165, 1.54) is 6.42 Å². The zero-order valence-electron chi connectivity index (χ0n) is 13.6. The molecule has 0 aliphatic carbocycles. The molecule has 0 bridgehead atoms. The van der Waals surface area contributed by atoms with E-state index in [9.17, 15) is 9.59 Å². The van der Waals surface area contributed by atoms with Crippen LogP contribution in [0.15, 0.2) is 10.9 Å². The summed E-state index contributed by atoms with van der Waals surface area (Å²) in [7, 11) is 0. The van der Waals surface area contributed by atoms with Gasteiger partial charge in [0.2, 0.25) is 0 Å². The molecule has 0 N–H and O–H groups in total. The van der Waals surface area contributed by atoms with Crippen molar-refractivity contribution in [3.05, 3.63) is 27.7 Å². The van der Waals surface area contributed by atoms with E-state index < -0.39 is 0 Å². The van der Waals surface area contributed by atoms with E-state index >= 15 is 0 Å². The summed E-state index contributed by atoms with van der Waals surface area (Å²) in [6, 6.07) is 2.01. The van der Waals surface area contributed by atoms with E-state index in [1.807, 2.05) is 13.0 Å². The minimum Gasteiger partial charge on any atom is -0.370 e. The fourth-order valence-corrected chi connectivity index (χ4v) is 3.14. The van der Waals surface area contributed by atoms with Gasteiger partial charge in [-0.2, -0.15) is 0 Å². The number of aryl methyl sites for hydroxylation is 1. The number of hydrogen-bond acceptors (Lipinski definition) is 3. The largest absolute Gasteiger partial charge is 0.370 e. The fourth-order valence-electron chi connectivity index (χ4n) is 3.14. The molecule has 4 heteroatoms. The minimum atomic E-state index is -0.146. The van der Waals surface area contributed by atoms with Crippen molar-refractivity contribution in [3.8, 4) is 0 Å². The van der Waals surface area contributed by atoms with Gasteiger partial charge in [0.15, 0.2) is 6.29 Å². The number of piperidine rings is 1. The average Bonchev–Trinajstić information content (AvgIpc) is 2.42. The Balaban J connectivity index is 2.47. The maximum Gasteiger partial charge on any atom is 0.263 e. The van der Waals surface area contributed by atoms with Gasteiger partial charge in [0, 0.05) is 25.3 Å². The lowest BCUT2D eigenvalue weighted by Crippen LogP contribution is -2.37. The molecule has 0 radical (unpaired) electrons. The third kappa shape index (κ3) is 3.36. The third-order valence-corrected chi connectivity index (χ3v) is 4.19. The van der Waals surface area contributed by atoms with Crippen molar-refractivity contribution in [3.63, 3.8) is 0 Å². The third-order valence-electron chi connectivity index (χ3n) is 4.19. The van der Waals surface area contributed by atoms with Crippen LogP contribution in [0.3, 0.4) is 0 Å². The molecule has 21 heavy (non-hydrogen) atoms. The van der Waals surface area contributed by atoms with Crippen molar-refractivity contribution in [2.75, 3.05) is 18.0 Å². The maximum absolute atomic E-state index is 12.6. The molecule has 0 saturated carbocycles. The van der Waals surface area contributed by atoms with Crippen LogP contribution < -0.4 is 10.5 Å². The maximum atomic E-state index is 12.6. The molecule has 2 rings (SSSR count). The molecule has 0 spiro atoms. The first kappa shape index (κ1) is 15.8. The highest BCUT2D eigenvalue weighted by Crippen LogP contribution is 2.25. The van der Waals surface area contributed by atoms with Crippen molar-refractivity contribution in [2.45, 2.75) is 47.1 Å². The standard InChI is InChI=1S/C17H26N2O2/c1-12(2)9-19-14(4)8-16(15(11-20)17(19)21)18-7-5-6-13(3)10-18/h8,11-13H,5-7,9-10H2,1-4H3. The molecule has 1 saturated heterocycles. The number of nitrogens with zero attached hydrogens (tertiary/aromatic N) is 2. The first-order valence-corrected chi connectivity index (χ1v) is 7.88. The molecule has 1 aliphatic heterocycles. The molecule has 1 atom stereocenters. The van der Waals surface area contributed by atoms with Crippen molar-refractivity contribution >= 4 is 12.0 Å². The molecule has 116 valence electrons. The number of carbonyl (C=O) groups is 1. The molecular formula is C17H26N2O2. The van der Waals surface area contributed by atoms with Gasteiger partial charge in [-0.15, -0.1) is 0 Å². The Hall–Kier alpha value is -1.58. The molecule has 0 aromatic carbocycles. The number of anilines is 1. The summed E-state index contributed by atoms with van der Waals surface area (Å²) in [5, 5.41) is 0. The van der Waals surface area contributed by atoms with Gasteiger partial charge < -0.3 is 9.47 Å². The van der Waals surface area contributed by atoms with Gasteiger partial charge in [0.25, 0.3) is 5.56 Å². The summed E-state index contributed by atoms with van der Waals surface area (Å²) in [5.41, 5.74) is 1.92. The molecule has 1 unspecified atom stereocenters. The Morgan fingerprint density at radius 3 is 2.71 bits per heavy atom. The van der Waals surface area contributed by atoms with Crippen LogP contribution >= 0.6 is 0 Å². The van der Waals surface area contributed by atoms with Gasteiger partial charge in [0.05, 0.1) is 5.69 Å². The number of aldehydes is 1. The summed E-state index contributed by atoms with van der Waals surface area (Å²) in [6.45, 7) is 10.8. The topological polar surface area (TPSA) is 42.3 Å². The zero-order valence-corrected chi connectivity index (χ0v) is 13.6. The lowest BCUT2D eigenvalue weighted by Gasteiger charge is -2.34. The van der Waals surface area contributed by atoms with Crippen LogP contribution in [0, 0.1) is 18.8 Å². The smallest absolute Gasteiger partial charge is 0.263 e. The SMILES string of the molecule is Cc1cc(N2CCCC(C)C2)c(C=O)c(=O)n1CC(C)C. The van der Waals surface area contributed by atoms with E-state index in [0.29, 0.717) is 23.9 Å². The number of carbonyl (C=O) groups excluding carboxylic acids is 1. The minimum absolute atomic E-state index is 0.146. The predicted molar refractivity (Wildman–Crippen MR) is 86.3 cm³/mol. The second-order valence-electron chi connectivity index (χ2n) is 6.71. The van der Waals surface area contributed by atoms with Crippen molar-refractivity contribution < 1.29 is 4.79 Å². The summed E-state index contributed by atoms with van der Waals surface area (Å²) < 4.78 is 1.73. The van der Waals surface area contributed by atoms with Crippen LogP contribution in [0.1, 0.15) is 49.7 Å². The molecule has 2 heterocycles. The summed E-state index contributed by atoms with van der Waals surface area (Å²) in [6.07, 6.45) is 3.07. The van der Waals surface area contributed by atoms with Gasteiger partial charge >= 0.3 is 0 Å². The number of rotatable bonds is 4. The first-order chi connectivity index (χ1) is 9.93. The van der Waals surface area contributed by atoms with Crippen LogP contribution in [0.25, 0.3) is 0 Å². The van der Waals surface area contributed by atoms with Crippen LogP contribution in [-0.4, -0.2) is 23.9 Å². The highest BCUT2D eigenvalue weighted by Gasteiger charge is 2.22. The Bertz CT molecular complexity index is 575. The second kappa shape index (κ2) is 6.46. The Morgan fingerprint density at radius 2 is 2.14 bits per heavy atom. The molecular weight excluding hydrogens is 264 g/mol. The van der Waals surface area contributed by atoms with Crippen LogP contribution in [0.2, 0.25) is 0 Å². The molecule has 4 nitrogen and oxygen atoms in total. The predicted octanol–water partition coefficient (Wildman–Crippen LogP) is 2.86. The van der Waals surface area contributed by atoms with Crippen molar-refractivity contribution in [2.24, 2.45) is 11.8 Å². The number of hydrogen-bond donors (Lipinski definition) is 0. The first-order valence-electron chi connectivity index (χ1n) is 7.88. The van der Waals surface area contributed by atoms with Crippen LogP contribution in [0.4, 0.5) is 5.69 Å². The van der Waals surface area contributed by atoms with Gasteiger partial charge in [-0.25, -0.2) is 0 Å². The van der Waals surface area contributed by atoms with E-state index in [4.69, 9.17) is 0 Å². The van der Waals surface area contributed by atoms with Crippen molar-refractivity contribution in [1.82, 2.24) is 4.57 Å². The summed E-state index contributed by atoms with van der Waals surface area (Å²) >= 11 is 0. The molecule has 0 amide bonds. The highest BCUT2D eigenvalue weighted by molar-refractivity contribution is 5.84. The number of pyridine rings is 1. The summed E-state index contributed by atoms with van der Waals surface area (Å²) in [4.78, 5) is 26.3.